The van der Waals surface area contributed by atoms with E-state index in [-0.39, 0.29) is 12.5 Å². The first kappa shape index (κ1) is 12.6. The summed E-state index contributed by atoms with van der Waals surface area (Å²) in [7, 11) is 0. The predicted octanol–water partition coefficient (Wildman–Crippen LogP) is 1.48. The van der Waals surface area contributed by atoms with E-state index < -0.39 is 0 Å². The van der Waals surface area contributed by atoms with Crippen LogP contribution in [0, 0.1) is 0 Å². The second kappa shape index (κ2) is 5.27. The molecule has 19 heavy (non-hydrogen) atoms. The van der Waals surface area contributed by atoms with Crippen LogP contribution in [0.4, 0.5) is 0 Å². The zero-order chi connectivity index (χ0) is 13.2. The zero-order valence-electron chi connectivity index (χ0n) is 10.9. The minimum atomic E-state index is 0.228. The molecule has 1 fully saturated rings. The van der Waals surface area contributed by atoms with Crippen LogP contribution in [0.5, 0.6) is 17.2 Å². The first-order chi connectivity index (χ1) is 9.22. The Kier molecular flexibility index (Phi) is 3.48. The summed E-state index contributed by atoms with van der Waals surface area (Å²) in [5.74, 6) is 1.58. The quantitative estimate of drug-likeness (QED) is 0.771. The Hall–Kier alpha value is -1.46. The monoisotopic (exact) mass is 264 g/mol. The molecule has 1 aliphatic heterocycles. The van der Waals surface area contributed by atoms with Crippen molar-refractivity contribution >= 4 is 0 Å². The van der Waals surface area contributed by atoms with Crippen molar-refractivity contribution in [1.29, 1.82) is 0 Å². The Balaban J connectivity index is 1.61. The molecule has 3 rings (SSSR count). The highest BCUT2D eigenvalue weighted by atomic mass is 16.7. The van der Waals surface area contributed by atoms with E-state index in [4.69, 9.17) is 15.2 Å². The lowest BCUT2D eigenvalue weighted by atomic mass is 9.92. The Morgan fingerprint density at radius 1 is 1.16 bits per heavy atom. The molecule has 2 aliphatic rings. The van der Waals surface area contributed by atoms with Gasteiger partial charge in [-0.25, -0.2) is 0 Å². The van der Waals surface area contributed by atoms with Gasteiger partial charge in [-0.1, -0.05) is 0 Å². The number of nitrogens with two attached hydrogens (primary N) is 1. The Morgan fingerprint density at radius 2 is 1.84 bits per heavy atom. The maximum atomic E-state index is 9.95. The number of nitrogens with one attached hydrogen (secondary N) is 1. The van der Waals surface area contributed by atoms with E-state index in [0.717, 1.165) is 31.2 Å². The highest BCUT2D eigenvalue weighted by molar-refractivity contribution is 5.51. The molecule has 0 spiro atoms. The third-order valence-electron chi connectivity index (χ3n) is 3.93. The van der Waals surface area contributed by atoms with Crippen molar-refractivity contribution in [2.75, 3.05) is 6.79 Å². The molecule has 0 saturated heterocycles. The second-order valence-electron chi connectivity index (χ2n) is 5.33. The van der Waals surface area contributed by atoms with Crippen molar-refractivity contribution in [2.24, 2.45) is 5.73 Å². The molecule has 5 heteroatoms. The summed E-state index contributed by atoms with van der Waals surface area (Å²) in [5.41, 5.74) is 6.74. The van der Waals surface area contributed by atoms with Gasteiger partial charge in [-0.2, -0.15) is 0 Å². The van der Waals surface area contributed by atoms with Gasteiger partial charge in [0.15, 0.2) is 11.5 Å². The molecular formula is C14H20N2O3. The van der Waals surface area contributed by atoms with Gasteiger partial charge >= 0.3 is 0 Å². The average Bonchev–Trinajstić information content (AvgIpc) is 2.85. The fourth-order valence-electron chi connectivity index (χ4n) is 2.69. The van der Waals surface area contributed by atoms with E-state index in [0.29, 0.717) is 30.1 Å². The van der Waals surface area contributed by atoms with E-state index in [1.165, 1.54) is 0 Å². The topological polar surface area (TPSA) is 76.7 Å². The van der Waals surface area contributed by atoms with Crippen LogP contribution >= 0.6 is 0 Å². The van der Waals surface area contributed by atoms with E-state index >= 15 is 0 Å². The number of ether oxygens (including phenoxy) is 2. The molecule has 0 amide bonds. The Morgan fingerprint density at radius 3 is 2.58 bits per heavy atom. The highest BCUT2D eigenvalue weighted by Gasteiger charge is 2.20. The van der Waals surface area contributed by atoms with Gasteiger partial charge in [-0.15, -0.1) is 0 Å². The van der Waals surface area contributed by atoms with Crippen LogP contribution in [-0.4, -0.2) is 24.0 Å². The molecule has 1 heterocycles. The van der Waals surface area contributed by atoms with Crippen molar-refractivity contribution in [3.8, 4) is 17.2 Å². The van der Waals surface area contributed by atoms with Gasteiger partial charge in [-0.05, 0) is 31.7 Å². The summed E-state index contributed by atoms with van der Waals surface area (Å²) in [6.07, 6.45) is 4.36. The maximum absolute atomic E-state index is 9.95. The van der Waals surface area contributed by atoms with Gasteiger partial charge in [0, 0.05) is 30.3 Å². The lowest BCUT2D eigenvalue weighted by Crippen LogP contribution is -2.37. The van der Waals surface area contributed by atoms with E-state index in [9.17, 15) is 5.11 Å². The summed E-state index contributed by atoms with van der Waals surface area (Å²) < 4.78 is 10.5. The standard InChI is InChI=1S/C14H20N2O3/c15-10-1-3-11(4-2-10)16-7-9-5-13-14(6-12(9)17)19-8-18-13/h5-6,10-11,16-17H,1-4,7-8,15H2. The molecule has 0 radical (unpaired) electrons. The summed E-state index contributed by atoms with van der Waals surface area (Å²) in [5, 5.41) is 13.4. The number of rotatable bonds is 3. The third kappa shape index (κ3) is 2.77. The molecular weight excluding hydrogens is 244 g/mol. The lowest BCUT2D eigenvalue weighted by molar-refractivity contribution is 0.174. The SMILES string of the molecule is NC1CCC(NCc2cc3c(cc2O)OCO3)CC1. The van der Waals surface area contributed by atoms with Crippen LogP contribution in [0.1, 0.15) is 31.2 Å². The summed E-state index contributed by atoms with van der Waals surface area (Å²) in [6, 6.07) is 4.32. The van der Waals surface area contributed by atoms with E-state index in [1.54, 1.807) is 6.07 Å². The van der Waals surface area contributed by atoms with Gasteiger partial charge in [0.1, 0.15) is 5.75 Å². The molecule has 0 atom stereocenters. The van der Waals surface area contributed by atoms with Gasteiger partial charge in [-0.3, -0.25) is 0 Å². The van der Waals surface area contributed by atoms with Gasteiger partial charge in [0.05, 0.1) is 0 Å². The average molecular weight is 264 g/mol. The molecule has 1 saturated carbocycles. The normalized spacial score (nSPS) is 25.5. The fourth-order valence-corrected chi connectivity index (χ4v) is 2.69. The number of fused-ring (bicyclic) bond motifs is 1. The molecule has 5 nitrogen and oxygen atoms in total. The summed E-state index contributed by atoms with van der Waals surface area (Å²) in [4.78, 5) is 0. The molecule has 1 aliphatic carbocycles. The van der Waals surface area contributed by atoms with Crippen molar-refractivity contribution in [3.05, 3.63) is 17.7 Å². The van der Waals surface area contributed by atoms with Crippen LogP contribution < -0.4 is 20.5 Å². The minimum Gasteiger partial charge on any atom is -0.507 e. The molecule has 0 bridgehead atoms. The van der Waals surface area contributed by atoms with Crippen LogP contribution in [0.3, 0.4) is 0 Å². The number of hydrogen-bond acceptors (Lipinski definition) is 5. The number of benzene rings is 1. The number of aromatic hydroxyl groups is 1. The van der Waals surface area contributed by atoms with Gasteiger partial charge < -0.3 is 25.6 Å². The smallest absolute Gasteiger partial charge is 0.231 e. The number of hydrogen-bond donors (Lipinski definition) is 3. The zero-order valence-corrected chi connectivity index (χ0v) is 10.9. The van der Waals surface area contributed by atoms with E-state index in [1.807, 2.05) is 6.07 Å². The third-order valence-corrected chi connectivity index (χ3v) is 3.93. The lowest BCUT2D eigenvalue weighted by Gasteiger charge is -2.27. The van der Waals surface area contributed by atoms with Crippen molar-refractivity contribution in [3.63, 3.8) is 0 Å². The van der Waals surface area contributed by atoms with Crippen LogP contribution in [-0.2, 0) is 6.54 Å². The summed E-state index contributed by atoms with van der Waals surface area (Å²) >= 11 is 0. The maximum Gasteiger partial charge on any atom is 0.231 e. The van der Waals surface area contributed by atoms with E-state index in [2.05, 4.69) is 5.32 Å². The summed E-state index contributed by atoms with van der Waals surface area (Å²) in [6.45, 7) is 0.870. The second-order valence-corrected chi connectivity index (χ2v) is 5.33. The van der Waals surface area contributed by atoms with Crippen LogP contribution in [0.25, 0.3) is 0 Å². The predicted molar refractivity (Wildman–Crippen MR) is 71.3 cm³/mol. The molecule has 104 valence electrons. The van der Waals surface area contributed by atoms with Crippen LogP contribution in [0.15, 0.2) is 12.1 Å². The highest BCUT2D eigenvalue weighted by Crippen LogP contribution is 2.37. The Labute approximate surface area is 112 Å². The van der Waals surface area contributed by atoms with Gasteiger partial charge in [0.2, 0.25) is 6.79 Å². The number of phenols is 1. The van der Waals surface area contributed by atoms with Gasteiger partial charge in [0.25, 0.3) is 0 Å². The largest absolute Gasteiger partial charge is 0.507 e. The molecule has 1 aromatic carbocycles. The minimum absolute atomic E-state index is 0.228. The molecule has 1 aromatic rings. The van der Waals surface area contributed by atoms with Crippen molar-refractivity contribution in [1.82, 2.24) is 5.32 Å². The first-order valence-corrected chi connectivity index (χ1v) is 6.83. The number of phenolic OH excluding ortho intramolecular Hbond substituents is 1. The van der Waals surface area contributed by atoms with Crippen molar-refractivity contribution in [2.45, 2.75) is 44.3 Å². The molecule has 0 unspecified atom stereocenters. The molecule has 4 N–H and O–H groups in total. The Bertz CT molecular complexity index is 456. The van der Waals surface area contributed by atoms with Crippen LogP contribution in [0.2, 0.25) is 0 Å². The fraction of sp³-hybridized carbons (Fsp3) is 0.571. The first-order valence-electron chi connectivity index (χ1n) is 6.83. The molecule has 0 aromatic heterocycles. The van der Waals surface area contributed by atoms with Crippen molar-refractivity contribution < 1.29 is 14.6 Å².